The van der Waals surface area contributed by atoms with E-state index in [9.17, 15) is 9.18 Å². The summed E-state index contributed by atoms with van der Waals surface area (Å²) in [5, 5.41) is 4.03. The predicted molar refractivity (Wildman–Crippen MR) is 84.9 cm³/mol. The molecule has 0 spiro atoms. The number of aromatic nitrogens is 1. The van der Waals surface area contributed by atoms with Gasteiger partial charge in [-0.1, -0.05) is 30.3 Å². The van der Waals surface area contributed by atoms with Gasteiger partial charge in [-0.2, -0.15) is 0 Å². The van der Waals surface area contributed by atoms with Gasteiger partial charge in [-0.3, -0.25) is 4.79 Å². The molecule has 0 fully saturated rings. The molecule has 0 aliphatic heterocycles. The zero-order valence-electron chi connectivity index (χ0n) is 12.3. The highest BCUT2D eigenvalue weighted by atomic mass is 19.1. The third kappa shape index (κ3) is 3.01. The monoisotopic (exact) mass is 296 g/mol. The van der Waals surface area contributed by atoms with Crippen LogP contribution in [0.2, 0.25) is 0 Å². The summed E-state index contributed by atoms with van der Waals surface area (Å²) in [4.78, 5) is 12.0. The highest BCUT2D eigenvalue weighted by Gasteiger charge is 2.08. The molecule has 0 aliphatic rings. The van der Waals surface area contributed by atoms with Crippen molar-refractivity contribution in [3.63, 3.8) is 0 Å². The Hall–Kier alpha value is -2.62. The van der Waals surface area contributed by atoms with Crippen LogP contribution in [0, 0.1) is 5.82 Å². The van der Waals surface area contributed by atoms with E-state index in [0.717, 1.165) is 16.5 Å². The largest absolute Gasteiger partial charge is 0.352 e. The van der Waals surface area contributed by atoms with Crippen LogP contribution >= 0.6 is 0 Å². The first-order chi connectivity index (χ1) is 10.6. The normalized spacial score (nSPS) is 10.8. The second kappa shape index (κ2) is 6.02. The van der Waals surface area contributed by atoms with Crippen molar-refractivity contribution in [1.29, 1.82) is 0 Å². The molecule has 3 rings (SSSR count). The second-order valence-corrected chi connectivity index (χ2v) is 5.37. The number of amides is 1. The molecular formula is C18H17FN2O. The fourth-order valence-electron chi connectivity index (χ4n) is 2.66. The number of benzene rings is 2. The van der Waals surface area contributed by atoms with Crippen molar-refractivity contribution in [3.05, 3.63) is 71.7 Å². The van der Waals surface area contributed by atoms with E-state index in [1.807, 2.05) is 42.1 Å². The minimum Gasteiger partial charge on any atom is -0.352 e. The molecule has 112 valence electrons. The maximum atomic E-state index is 13.1. The zero-order chi connectivity index (χ0) is 15.5. The van der Waals surface area contributed by atoms with E-state index in [2.05, 4.69) is 5.32 Å². The average molecular weight is 296 g/mol. The van der Waals surface area contributed by atoms with Gasteiger partial charge in [0.15, 0.2) is 0 Å². The molecule has 0 aliphatic carbocycles. The Bertz CT molecular complexity index is 823. The number of nitrogens with zero attached hydrogens (tertiary/aromatic N) is 1. The number of hydrogen-bond acceptors (Lipinski definition) is 1. The maximum Gasteiger partial charge on any atom is 0.224 e. The van der Waals surface area contributed by atoms with Gasteiger partial charge in [0.25, 0.3) is 0 Å². The number of fused-ring (bicyclic) bond motifs is 1. The standard InChI is InChI=1S/C18H17FN2O/c1-21-12-14(16-7-2-3-8-17(16)21)11-20-18(22)10-13-5-4-6-15(19)9-13/h2-9,12H,10-11H2,1H3,(H,20,22). The number of carbonyl (C=O) groups excluding carboxylic acids is 1. The smallest absolute Gasteiger partial charge is 0.224 e. The first kappa shape index (κ1) is 14.3. The lowest BCUT2D eigenvalue weighted by atomic mass is 10.1. The molecule has 0 saturated carbocycles. The lowest BCUT2D eigenvalue weighted by molar-refractivity contribution is -0.120. The van der Waals surface area contributed by atoms with Gasteiger partial charge in [0.2, 0.25) is 5.91 Å². The molecule has 4 heteroatoms. The Kier molecular flexibility index (Phi) is 3.92. The Labute approximate surface area is 128 Å². The highest BCUT2D eigenvalue weighted by molar-refractivity contribution is 5.85. The summed E-state index contributed by atoms with van der Waals surface area (Å²) in [5.74, 6) is -0.433. The fraction of sp³-hybridized carbons (Fsp3) is 0.167. The summed E-state index contributed by atoms with van der Waals surface area (Å²) >= 11 is 0. The van der Waals surface area contributed by atoms with Crippen LogP contribution in [0.25, 0.3) is 10.9 Å². The van der Waals surface area contributed by atoms with Crippen molar-refractivity contribution in [2.24, 2.45) is 7.05 Å². The first-order valence-electron chi connectivity index (χ1n) is 7.17. The van der Waals surface area contributed by atoms with Crippen molar-refractivity contribution in [2.75, 3.05) is 0 Å². The molecule has 0 unspecified atom stereocenters. The van der Waals surface area contributed by atoms with E-state index < -0.39 is 0 Å². The number of para-hydroxylation sites is 1. The minimum absolute atomic E-state index is 0.112. The van der Waals surface area contributed by atoms with Gasteiger partial charge < -0.3 is 9.88 Å². The van der Waals surface area contributed by atoms with Gasteiger partial charge in [0.1, 0.15) is 5.82 Å². The molecule has 1 aromatic heterocycles. The number of hydrogen-bond donors (Lipinski definition) is 1. The molecule has 0 bridgehead atoms. The topological polar surface area (TPSA) is 34.0 Å². The van der Waals surface area contributed by atoms with E-state index in [0.29, 0.717) is 12.1 Å². The quantitative estimate of drug-likeness (QED) is 0.788. The molecule has 1 N–H and O–H groups in total. The Morgan fingerprint density at radius 1 is 1.18 bits per heavy atom. The number of nitrogens with one attached hydrogen (secondary N) is 1. The van der Waals surface area contributed by atoms with Crippen LogP contribution in [0.3, 0.4) is 0 Å². The molecule has 3 nitrogen and oxygen atoms in total. The minimum atomic E-state index is -0.320. The van der Waals surface area contributed by atoms with Gasteiger partial charge in [0.05, 0.1) is 6.42 Å². The highest BCUT2D eigenvalue weighted by Crippen LogP contribution is 2.19. The molecule has 1 amide bonds. The van der Waals surface area contributed by atoms with Gasteiger partial charge >= 0.3 is 0 Å². The third-order valence-corrected chi connectivity index (χ3v) is 3.71. The van der Waals surface area contributed by atoms with Crippen LogP contribution in [0.15, 0.2) is 54.7 Å². The van der Waals surface area contributed by atoms with Gasteiger partial charge in [-0.05, 0) is 29.3 Å². The number of rotatable bonds is 4. The van der Waals surface area contributed by atoms with Crippen LogP contribution < -0.4 is 5.32 Å². The predicted octanol–water partition coefficient (Wildman–Crippen LogP) is 3.18. The third-order valence-electron chi connectivity index (χ3n) is 3.71. The summed E-state index contributed by atoms with van der Waals surface area (Å²) in [7, 11) is 1.99. The summed E-state index contributed by atoms with van der Waals surface area (Å²) in [5.41, 5.74) is 2.89. The molecule has 0 atom stereocenters. The maximum absolute atomic E-state index is 13.1. The zero-order valence-corrected chi connectivity index (χ0v) is 12.3. The Balaban J connectivity index is 1.68. The van der Waals surface area contributed by atoms with Gasteiger partial charge in [-0.15, -0.1) is 0 Å². The van der Waals surface area contributed by atoms with Crippen LogP contribution in [0.1, 0.15) is 11.1 Å². The molecule has 0 saturated heterocycles. The summed E-state index contributed by atoms with van der Waals surface area (Å²) in [6, 6.07) is 14.2. The van der Waals surface area contributed by atoms with Gasteiger partial charge in [-0.25, -0.2) is 4.39 Å². The van der Waals surface area contributed by atoms with Crippen LogP contribution in [-0.4, -0.2) is 10.5 Å². The van der Waals surface area contributed by atoms with E-state index in [1.165, 1.54) is 12.1 Å². The van der Waals surface area contributed by atoms with Crippen molar-refractivity contribution in [1.82, 2.24) is 9.88 Å². The average Bonchev–Trinajstić information content (AvgIpc) is 2.82. The number of halogens is 1. The van der Waals surface area contributed by atoms with Crippen molar-refractivity contribution < 1.29 is 9.18 Å². The van der Waals surface area contributed by atoms with E-state index in [-0.39, 0.29) is 18.1 Å². The van der Waals surface area contributed by atoms with Crippen LogP contribution in [0.5, 0.6) is 0 Å². The first-order valence-corrected chi connectivity index (χ1v) is 7.17. The fourth-order valence-corrected chi connectivity index (χ4v) is 2.66. The van der Waals surface area contributed by atoms with Crippen LogP contribution in [-0.2, 0) is 24.8 Å². The SMILES string of the molecule is Cn1cc(CNC(=O)Cc2cccc(F)c2)c2ccccc21. The lowest BCUT2D eigenvalue weighted by Crippen LogP contribution is -2.24. The summed E-state index contributed by atoms with van der Waals surface area (Å²) in [6.07, 6.45) is 2.20. The van der Waals surface area contributed by atoms with Gasteiger partial charge in [0, 0.05) is 30.7 Å². The van der Waals surface area contributed by atoms with Crippen LogP contribution in [0.4, 0.5) is 4.39 Å². The van der Waals surface area contributed by atoms with E-state index in [1.54, 1.807) is 12.1 Å². The molecule has 1 heterocycles. The molecule has 0 radical (unpaired) electrons. The molecule has 2 aromatic carbocycles. The van der Waals surface area contributed by atoms with E-state index >= 15 is 0 Å². The number of carbonyl (C=O) groups is 1. The molecule has 3 aromatic rings. The number of aryl methyl sites for hydroxylation is 1. The Morgan fingerprint density at radius 2 is 2.00 bits per heavy atom. The van der Waals surface area contributed by atoms with Crippen molar-refractivity contribution in [3.8, 4) is 0 Å². The summed E-state index contributed by atoms with van der Waals surface area (Å²) in [6.45, 7) is 0.468. The van der Waals surface area contributed by atoms with Crippen molar-refractivity contribution >= 4 is 16.8 Å². The second-order valence-electron chi connectivity index (χ2n) is 5.37. The Morgan fingerprint density at radius 3 is 2.82 bits per heavy atom. The molecule has 22 heavy (non-hydrogen) atoms. The lowest BCUT2D eigenvalue weighted by Gasteiger charge is -2.05. The van der Waals surface area contributed by atoms with Crippen molar-refractivity contribution in [2.45, 2.75) is 13.0 Å². The van der Waals surface area contributed by atoms with E-state index in [4.69, 9.17) is 0 Å². The molecular weight excluding hydrogens is 279 g/mol. The summed E-state index contributed by atoms with van der Waals surface area (Å²) < 4.78 is 15.2.